The molecule has 0 aliphatic rings. The Kier molecular flexibility index (Phi) is 4.63. The van der Waals surface area contributed by atoms with Crippen molar-refractivity contribution >= 4 is 33.2 Å². The van der Waals surface area contributed by atoms with Gasteiger partial charge < -0.3 is 9.72 Å². The molecular weight excluding hydrogens is 398 g/mol. The van der Waals surface area contributed by atoms with Gasteiger partial charge in [-0.15, -0.1) is 11.3 Å². The number of nitrogens with zero attached hydrogens (tertiary/aromatic N) is 4. The zero-order valence-corrected chi connectivity index (χ0v) is 16.6. The van der Waals surface area contributed by atoms with Crippen LogP contribution in [0.2, 0.25) is 5.02 Å². The number of aromatic nitrogens is 4. The molecular formula is C19H14ClN5O2S. The molecule has 3 heterocycles. The molecule has 28 heavy (non-hydrogen) atoms. The molecule has 140 valence electrons. The molecule has 0 spiro atoms. The van der Waals surface area contributed by atoms with Crippen molar-refractivity contribution in [2.45, 2.75) is 20.5 Å². The topological polar surface area (TPSA) is 96.6 Å². The molecule has 0 aliphatic carbocycles. The molecule has 0 bridgehead atoms. The summed E-state index contributed by atoms with van der Waals surface area (Å²) in [5.41, 5.74) is 3.08. The fourth-order valence-corrected chi connectivity index (χ4v) is 3.89. The first-order valence-corrected chi connectivity index (χ1v) is 9.59. The lowest BCUT2D eigenvalue weighted by atomic mass is 10.2. The maximum absolute atomic E-state index is 12.1. The number of nitrogens with one attached hydrogen (secondary N) is 1. The van der Waals surface area contributed by atoms with Gasteiger partial charge in [-0.2, -0.15) is 10.4 Å². The Morgan fingerprint density at radius 3 is 2.93 bits per heavy atom. The van der Waals surface area contributed by atoms with Gasteiger partial charge in [0.2, 0.25) is 0 Å². The smallest absolute Gasteiger partial charge is 0.268 e. The first kappa shape index (κ1) is 18.2. The quantitative estimate of drug-likeness (QED) is 0.549. The van der Waals surface area contributed by atoms with Crippen LogP contribution in [0.1, 0.15) is 22.8 Å². The Morgan fingerprint density at radius 2 is 2.18 bits per heavy atom. The van der Waals surface area contributed by atoms with Gasteiger partial charge in [0.25, 0.3) is 5.56 Å². The summed E-state index contributed by atoms with van der Waals surface area (Å²) in [6, 6.07) is 8.96. The summed E-state index contributed by atoms with van der Waals surface area (Å²) in [7, 11) is 0. The molecule has 1 aromatic carbocycles. The van der Waals surface area contributed by atoms with E-state index in [9.17, 15) is 4.79 Å². The number of hydrogen-bond acceptors (Lipinski definition) is 6. The number of benzene rings is 1. The van der Waals surface area contributed by atoms with E-state index >= 15 is 0 Å². The lowest BCUT2D eigenvalue weighted by molar-refractivity contribution is 0.292. The van der Waals surface area contributed by atoms with Crippen molar-refractivity contribution in [3.63, 3.8) is 0 Å². The molecule has 4 aromatic rings. The van der Waals surface area contributed by atoms with Gasteiger partial charge in [-0.05, 0) is 43.5 Å². The second-order valence-electron chi connectivity index (χ2n) is 6.12. The summed E-state index contributed by atoms with van der Waals surface area (Å²) in [6.07, 6.45) is 0. The number of aryl methyl sites for hydroxylation is 1. The molecule has 1 N–H and O–H groups in total. The minimum Gasteiger partial charge on any atom is -0.482 e. The summed E-state index contributed by atoms with van der Waals surface area (Å²) in [5.74, 6) is 1.05. The normalized spacial score (nSPS) is 10.9. The number of nitriles is 1. The third-order valence-electron chi connectivity index (χ3n) is 4.26. The fourth-order valence-electron chi connectivity index (χ4n) is 2.95. The minimum absolute atomic E-state index is 0.114. The summed E-state index contributed by atoms with van der Waals surface area (Å²) in [5, 5.41) is 15.7. The molecule has 0 fully saturated rings. The number of rotatable bonds is 4. The van der Waals surface area contributed by atoms with Gasteiger partial charge in [0.05, 0.1) is 27.5 Å². The molecule has 4 rings (SSSR count). The summed E-state index contributed by atoms with van der Waals surface area (Å²) < 4.78 is 8.22. The second-order valence-corrected chi connectivity index (χ2v) is 7.45. The van der Waals surface area contributed by atoms with Crippen molar-refractivity contribution in [2.24, 2.45) is 0 Å². The van der Waals surface area contributed by atoms with Gasteiger partial charge in [-0.3, -0.25) is 4.79 Å². The Hall–Kier alpha value is -3.15. The standard InChI is InChI=1S/C19H14ClN5O2S/c1-10-17(27-9-16-22-15-5-6-28-18(15)19(26)23-16)11(2)25(24-10)13-4-3-12(8-21)14(20)7-13/h3-7H,9H2,1-2H3,(H,22,23,26). The summed E-state index contributed by atoms with van der Waals surface area (Å²) in [4.78, 5) is 19.3. The number of ether oxygens (including phenoxy) is 1. The molecule has 0 atom stereocenters. The average Bonchev–Trinajstić information content (AvgIpc) is 3.25. The van der Waals surface area contributed by atoms with Gasteiger partial charge in [-0.1, -0.05) is 11.6 Å². The third kappa shape index (κ3) is 3.15. The molecule has 0 radical (unpaired) electrons. The second kappa shape index (κ2) is 7.11. The highest BCUT2D eigenvalue weighted by molar-refractivity contribution is 7.17. The van der Waals surface area contributed by atoms with Crippen molar-refractivity contribution < 1.29 is 4.74 Å². The number of fused-ring (bicyclic) bond motifs is 1. The van der Waals surface area contributed by atoms with Crippen LogP contribution < -0.4 is 10.3 Å². The average molecular weight is 412 g/mol. The van der Waals surface area contributed by atoms with E-state index in [2.05, 4.69) is 15.1 Å². The Bertz CT molecular complexity index is 1300. The van der Waals surface area contributed by atoms with Crippen molar-refractivity contribution in [3.05, 3.63) is 67.8 Å². The van der Waals surface area contributed by atoms with Crippen LogP contribution >= 0.6 is 22.9 Å². The molecule has 3 aromatic heterocycles. The predicted octanol–water partition coefficient (Wildman–Crippen LogP) is 3.89. The highest BCUT2D eigenvalue weighted by atomic mass is 35.5. The van der Waals surface area contributed by atoms with E-state index in [4.69, 9.17) is 21.6 Å². The van der Waals surface area contributed by atoms with Gasteiger partial charge in [-0.25, -0.2) is 9.67 Å². The maximum Gasteiger partial charge on any atom is 0.268 e. The first-order valence-electron chi connectivity index (χ1n) is 8.33. The maximum atomic E-state index is 12.1. The molecule has 0 aliphatic heterocycles. The highest BCUT2D eigenvalue weighted by Crippen LogP contribution is 2.28. The van der Waals surface area contributed by atoms with E-state index in [0.717, 1.165) is 11.4 Å². The number of halogens is 1. The van der Waals surface area contributed by atoms with Crippen LogP contribution in [0.3, 0.4) is 0 Å². The van der Waals surface area contributed by atoms with Gasteiger partial charge in [0.15, 0.2) is 5.75 Å². The van der Waals surface area contributed by atoms with E-state index in [1.54, 1.807) is 22.9 Å². The van der Waals surface area contributed by atoms with Crippen molar-refractivity contribution in [3.8, 4) is 17.5 Å². The van der Waals surface area contributed by atoms with E-state index in [0.29, 0.717) is 38.1 Å². The van der Waals surface area contributed by atoms with Crippen LogP contribution in [-0.2, 0) is 6.61 Å². The van der Waals surface area contributed by atoms with Crippen LogP contribution in [0.15, 0.2) is 34.4 Å². The van der Waals surface area contributed by atoms with Crippen LogP contribution in [0.5, 0.6) is 5.75 Å². The highest BCUT2D eigenvalue weighted by Gasteiger charge is 2.16. The molecule has 0 saturated heterocycles. The first-order chi connectivity index (χ1) is 13.5. The molecule has 0 amide bonds. The van der Waals surface area contributed by atoms with Gasteiger partial charge in [0, 0.05) is 0 Å². The number of H-pyrrole nitrogens is 1. The van der Waals surface area contributed by atoms with Crippen LogP contribution in [-0.4, -0.2) is 19.7 Å². The fraction of sp³-hybridized carbons (Fsp3) is 0.158. The lowest BCUT2D eigenvalue weighted by Gasteiger charge is -2.08. The zero-order chi connectivity index (χ0) is 19.8. The molecule has 0 unspecified atom stereocenters. The third-order valence-corrected chi connectivity index (χ3v) is 5.47. The Labute approximate surface area is 168 Å². The Morgan fingerprint density at radius 1 is 1.36 bits per heavy atom. The SMILES string of the molecule is Cc1nn(-c2ccc(C#N)c(Cl)c2)c(C)c1OCc1nc2ccsc2c(=O)[nH]1. The predicted molar refractivity (Wildman–Crippen MR) is 107 cm³/mol. The molecule has 7 nitrogen and oxygen atoms in total. The largest absolute Gasteiger partial charge is 0.482 e. The number of aromatic amines is 1. The van der Waals surface area contributed by atoms with E-state index in [-0.39, 0.29) is 12.2 Å². The van der Waals surface area contributed by atoms with Crippen LogP contribution in [0, 0.1) is 25.2 Å². The monoisotopic (exact) mass is 411 g/mol. The lowest BCUT2D eigenvalue weighted by Crippen LogP contribution is -2.12. The summed E-state index contributed by atoms with van der Waals surface area (Å²) >= 11 is 7.49. The number of hydrogen-bond donors (Lipinski definition) is 1. The van der Waals surface area contributed by atoms with Crippen molar-refractivity contribution in [2.75, 3.05) is 0 Å². The molecule has 9 heteroatoms. The zero-order valence-electron chi connectivity index (χ0n) is 15.0. The van der Waals surface area contributed by atoms with Crippen LogP contribution in [0.4, 0.5) is 0 Å². The van der Waals surface area contributed by atoms with E-state index < -0.39 is 0 Å². The van der Waals surface area contributed by atoms with Gasteiger partial charge >= 0.3 is 0 Å². The minimum atomic E-state index is -0.171. The van der Waals surface area contributed by atoms with Gasteiger partial charge in [0.1, 0.15) is 28.9 Å². The summed E-state index contributed by atoms with van der Waals surface area (Å²) in [6.45, 7) is 3.82. The Balaban J connectivity index is 1.63. The van der Waals surface area contributed by atoms with Crippen LogP contribution in [0.25, 0.3) is 15.9 Å². The van der Waals surface area contributed by atoms with E-state index in [1.165, 1.54) is 11.3 Å². The molecule has 0 saturated carbocycles. The van der Waals surface area contributed by atoms with Crippen molar-refractivity contribution in [1.82, 2.24) is 19.7 Å². The number of thiophene rings is 1. The van der Waals surface area contributed by atoms with Crippen molar-refractivity contribution in [1.29, 1.82) is 5.26 Å². The van der Waals surface area contributed by atoms with E-state index in [1.807, 2.05) is 31.4 Å².